The number of aryl methyl sites for hydroxylation is 2. The molecule has 0 amide bonds. The average Bonchev–Trinajstić information content (AvgIpc) is 3.53. The summed E-state index contributed by atoms with van der Waals surface area (Å²) in [7, 11) is -1.98. The van der Waals surface area contributed by atoms with Gasteiger partial charge in [0, 0.05) is 0 Å². The van der Waals surface area contributed by atoms with E-state index >= 15 is 0 Å². The minimum Gasteiger partial charge on any atom is -1.00 e. The molecule has 2 aliphatic carbocycles. The Hall–Kier alpha value is -2.15. The van der Waals surface area contributed by atoms with E-state index in [1.165, 1.54) is 33.4 Å². The monoisotopic (exact) mass is 782 g/mol. The Balaban J connectivity index is 0.00000240. The summed E-state index contributed by atoms with van der Waals surface area (Å²) >= 11 is -2.54. The van der Waals surface area contributed by atoms with Gasteiger partial charge in [0.25, 0.3) is 0 Å². The van der Waals surface area contributed by atoms with Crippen LogP contribution < -0.4 is 33.6 Å². The van der Waals surface area contributed by atoms with Gasteiger partial charge in [0.1, 0.15) is 0 Å². The summed E-state index contributed by atoms with van der Waals surface area (Å²) in [5.74, 6) is 0.944. The maximum Gasteiger partial charge on any atom is -1.00 e. The van der Waals surface area contributed by atoms with Crippen LogP contribution in [0.15, 0.2) is 139 Å². The van der Waals surface area contributed by atoms with E-state index in [2.05, 4.69) is 163 Å². The van der Waals surface area contributed by atoms with Gasteiger partial charge in [-0.1, -0.05) is 0 Å². The van der Waals surface area contributed by atoms with E-state index in [0.717, 1.165) is 12.8 Å². The molecule has 46 heavy (non-hydrogen) atoms. The maximum atomic E-state index is 2.61. The fourth-order valence-corrected chi connectivity index (χ4v) is 47.3. The predicted octanol–water partition coefficient (Wildman–Crippen LogP) is 3.56. The third kappa shape index (κ3) is 7.29. The first-order valence-electron chi connectivity index (χ1n) is 16.3. The van der Waals surface area contributed by atoms with E-state index in [1.54, 1.807) is 19.9 Å². The molecule has 4 aromatic carbocycles. The number of halogens is 2. The number of hydrogen-bond donors (Lipinski definition) is 0. The van der Waals surface area contributed by atoms with Crippen molar-refractivity contribution in [1.29, 1.82) is 0 Å². The van der Waals surface area contributed by atoms with Gasteiger partial charge in [0.15, 0.2) is 0 Å². The van der Waals surface area contributed by atoms with E-state index in [-0.39, 0.29) is 24.8 Å². The zero-order valence-corrected chi connectivity index (χ0v) is 33.9. The Morgan fingerprint density at radius 2 is 0.935 bits per heavy atom. The summed E-state index contributed by atoms with van der Waals surface area (Å²) in [4.78, 5) is 0. The average molecular weight is 784 g/mol. The smallest absolute Gasteiger partial charge is 1.00 e. The van der Waals surface area contributed by atoms with Gasteiger partial charge in [-0.05, 0) is 0 Å². The van der Waals surface area contributed by atoms with Crippen molar-refractivity contribution >= 4 is 29.9 Å². The molecule has 0 fully saturated rings. The topological polar surface area (TPSA) is 0 Å². The minimum atomic E-state index is -2.54. The third-order valence-electron chi connectivity index (χ3n) is 9.57. The normalized spacial score (nSPS) is 17.1. The van der Waals surface area contributed by atoms with Crippen molar-refractivity contribution in [3.05, 3.63) is 161 Å². The van der Waals surface area contributed by atoms with Crippen LogP contribution in [-0.4, -0.2) is 9.98 Å². The van der Waals surface area contributed by atoms with Crippen LogP contribution in [0.25, 0.3) is 11.1 Å². The SMILES string of the molecule is CCc1cccc(C2=CC(C)[C]([Zr+2]([C]3=C(C)C(c4cccc(CC)c4)=CC3C)=[Ge]([c]3ccccc3)[c]3ccccc3)=C2C)c1.[Cl-].[Cl-]. The summed E-state index contributed by atoms with van der Waals surface area (Å²) in [5.41, 5.74) is 11.7. The molecule has 2 aliphatic rings. The molecular weight excluding hydrogens is 739 g/mol. The molecule has 0 heterocycles. The Kier molecular flexibility index (Phi) is 13.0. The van der Waals surface area contributed by atoms with Gasteiger partial charge in [-0.15, -0.1) is 0 Å². The molecule has 0 N–H and O–H groups in total. The van der Waals surface area contributed by atoms with Crippen molar-refractivity contribution < 1.29 is 43.4 Å². The van der Waals surface area contributed by atoms with Gasteiger partial charge in [0.05, 0.1) is 0 Å². The van der Waals surface area contributed by atoms with Crippen LogP contribution in [0.3, 0.4) is 0 Å². The van der Waals surface area contributed by atoms with Crippen LogP contribution in [0.2, 0.25) is 0 Å². The fourth-order valence-electron chi connectivity index (χ4n) is 7.34. The first-order valence-corrected chi connectivity index (χ1v) is 28.3. The van der Waals surface area contributed by atoms with Gasteiger partial charge in [-0.3, -0.25) is 0 Å². The molecule has 0 saturated carbocycles. The molecule has 4 aromatic rings. The second kappa shape index (κ2) is 16.3. The first kappa shape index (κ1) is 36.7. The second-order valence-corrected chi connectivity index (χ2v) is 33.5. The summed E-state index contributed by atoms with van der Waals surface area (Å²) in [6.07, 6.45) is 7.37. The zero-order valence-electron chi connectivity index (χ0n) is 27.9. The molecule has 0 radical (unpaired) electrons. The van der Waals surface area contributed by atoms with Gasteiger partial charge in [-0.25, -0.2) is 0 Å². The van der Waals surface area contributed by atoms with Crippen LogP contribution in [0.5, 0.6) is 0 Å². The van der Waals surface area contributed by atoms with Gasteiger partial charge in [0.2, 0.25) is 0 Å². The summed E-state index contributed by atoms with van der Waals surface area (Å²) in [5, 5.41) is 0. The van der Waals surface area contributed by atoms with E-state index in [0.29, 0.717) is 11.8 Å². The van der Waals surface area contributed by atoms with Gasteiger partial charge < -0.3 is 24.8 Å². The van der Waals surface area contributed by atoms with Gasteiger partial charge in [-0.2, -0.15) is 0 Å². The van der Waals surface area contributed by atoms with Crippen LogP contribution >= 0.6 is 0 Å². The minimum absolute atomic E-state index is 0. The largest absolute Gasteiger partial charge is 1.00 e. The van der Waals surface area contributed by atoms with E-state index in [9.17, 15) is 0 Å². The quantitative estimate of drug-likeness (QED) is 0.240. The summed E-state index contributed by atoms with van der Waals surface area (Å²) < 4.78 is 6.95. The first-order chi connectivity index (χ1) is 21.4. The number of hydrogen-bond acceptors (Lipinski definition) is 0. The Morgan fingerprint density at radius 1 is 0.543 bits per heavy atom. The van der Waals surface area contributed by atoms with Crippen LogP contribution in [0.4, 0.5) is 0 Å². The summed E-state index contributed by atoms with van der Waals surface area (Å²) in [6.45, 7) is 14.4. The number of rotatable bonds is 8. The molecule has 2 unspecified atom stereocenters. The van der Waals surface area contributed by atoms with Crippen molar-refractivity contribution in [1.82, 2.24) is 0 Å². The molecule has 0 bridgehead atoms. The third-order valence-corrected chi connectivity index (χ3v) is 41.6. The maximum absolute atomic E-state index is 2.61. The van der Waals surface area contributed by atoms with Crippen molar-refractivity contribution in [2.45, 2.75) is 54.4 Å². The van der Waals surface area contributed by atoms with Crippen molar-refractivity contribution in [2.75, 3.05) is 0 Å². The van der Waals surface area contributed by atoms with E-state index in [4.69, 9.17) is 0 Å². The summed E-state index contributed by atoms with van der Waals surface area (Å²) in [6, 6.07) is 42.0. The molecule has 0 spiro atoms. The molecule has 0 aliphatic heterocycles. The molecule has 2 atom stereocenters. The van der Waals surface area contributed by atoms with E-state index < -0.39 is 28.6 Å². The number of allylic oxidation sites excluding steroid dienone is 8. The molecule has 6 rings (SSSR count). The Morgan fingerprint density at radius 3 is 1.30 bits per heavy atom. The second-order valence-electron chi connectivity index (χ2n) is 12.4. The standard InChI is InChI=1S/2C15H17.C12H10Ge.2ClH.Zr/c2*1-4-13-6-5-7-14(10-13)15-9-11(2)8-12(15)3;1-3-7-11(8-4-1)13-12-9-5-2-6-10-12;;;/h2*5-7,9-11H,4H2,1-3H3;1-10H;2*1H;/q;;;;;+2/p-2. The Labute approximate surface area is 298 Å². The van der Waals surface area contributed by atoms with Crippen LogP contribution in [-0.2, 0) is 31.5 Å². The zero-order chi connectivity index (χ0) is 30.8. The van der Waals surface area contributed by atoms with Crippen LogP contribution in [0, 0.1) is 11.8 Å². The van der Waals surface area contributed by atoms with Crippen LogP contribution in [0.1, 0.15) is 63.8 Å². The van der Waals surface area contributed by atoms with E-state index in [1.807, 2.05) is 6.56 Å². The van der Waals surface area contributed by atoms with Crippen molar-refractivity contribution in [3.63, 3.8) is 0 Å². The Bertz CT molecular complexity index is 1730. The molecule has 0 aromatic heterocycles. The number of benzene rings is 4. The molecule has 4 heteroatoms. The molecule has 234 valence electrons. The molecule has 0 saturated heterocycles. The molecule has 0 nitrogen and oxygen atoms in total. The predicted molar refractivity (Wildman–Crippen MR) is 189 cm³/mol. The van der Waals surface area contributed by atoms with Gasteiger partial charge >= 0.3 is 276 Å². The fraction of sp³-hybridized carbons (Fsp3) is 0.238. The van der Waals surface area contributed by atoms with Crippen molar-refractivity contribution in [3.8, 4) is 0 Å². The molecular formula is C42H44Cl2GeZr. The van der Waals surface area contributed by atoms with Crippen molar-refractivity contribution in [2.24, 2.45) is 11.8 Å².